The molecule has 6 heteroatoms. The van der Waals surface area contributed by atoms with Crippen LogP contribution >= 0.6 is 0 Å². The Hall–Kier alpha value is -0.880. The minimum Gasteiger partial charge on any atom is -0.352 e. The van der Waals surface area contributed by atoms with Crippen LogP contribution in [0.4, 0.5) is 17.6 Å². The van der Waals surface area contributed by atoms with E-state index in [-0.39, 0.29) is 12.4 Å². The van der Waals surface area contributed by atoms with Gasteiger partial charge in [-0.05, 0) is 87.9 Å². The first-order chi connectivity index (χ1) is 18.3. The first-order valence-corrected chi connectivity index (χ1v) is 15.7. The normalized spacial score (nSPS) is 38.0. The molecule has 38 heavy (non-hydrogen) atoms. The zero-order valence-corrected chi connectivity index (χ0v) is 23.4. The molecule has 0 amide bonds. The average Bonchev–Trinajstić information content (AvgIpc) is 2.92. The number of rotatable bonds is 9. The van der Waals surface area contributed by atoms with Crippen LogP contribution in [-0.4, -0.2) is 25.7 Å². The number of alkyl halides is 3. The second kappa shape index (κ2) is 14.7. The minimum absolute atomic E-state index is 0.0449. The molecule has 0 radical (unpaired) electrons. The topological polar surface area (TPSA) is 18.5 Å². The Kier molecular flexibility index (Phi) is 11.6. The first-order valence-electron chi connectivity index (χ1n) is 15.7. The van der Waals surface area contributed by atoms with Crippen LogP contribution < -0.4 is 0 Å². The lowest BCUT2D eigenvalue weighted by Crippen LogP contribution is -2.41. The van der Waals surface area contributed by atoms with Crippen molar-refractivity contribution < 1.29 is 27.0 Å². The Balaban J connectivity index is 1.10. The molecule has 4 fully saturated rings. The van der Waals surface area contributed by atoms with E-state index in [2.05, 4.69) is 19.1 Å². The molecule has 1 heterocycles. The van der Waals surface area contributed by atoms with Crippen molar-refractivity contribution in [2.45, 2.75) is 122 Å². The maximum Gasteiger partial charge on any atom is 0.412 e. The average molecular weight is 543 g/mol. The standard InChI is InChI=1S/C32H50F4O2/c1-2-3-4-5-23-8-14-26(15-9-23)29-21-37-31(38-22-29)28-18-12-25(13-19-28)7-6-24-10-16-27(17-11-24)30(33)20-32(34,35)36/h6-7,20,23-29,31H,2-5,8-19,21-22H2,1H3. The quantitative estimate of drug-likeness (QED) is 0.164. The van der Waals surface area contributed by atoms with Crippen LogP contribution in [0.1, 0.15) is 110 Å². The number of hydrogen-bond acceptors (Lipinski definition) is 2. The monoisotopic (exact) mass is 542 g/mol. The van der Waals surface area contributed by atoms with E-state index < -0.39 is 17.9 Å². The van der Waals surface area contributed by atoms with Crippen molar-refractivity contribution in [3.8, 4) is 0 Å². The molecule has 0 aromatic heterocycles. The Morgan fingerprint density at radius 2 is 1.26 bits per heavy atom. The molecule has 218 valence electrons. The maximum atomic E-state index is 13.9. The molecule has 0 bridgehead atoms. The van der Waals surface area contributed by atoms with Gasteiger partial charge in [-0.15, -0.1) is 0 Å². The van der Waals surface area contributed by atoms with Gasteiger partial charge in [0.2, 0.25) is 0 Å². The summed E-state index contributed by atoms with van der Waals surface area (Å²) >= 11 is 0. The fourth-order valence-electron chi connectivity index (χ4n) is 7.49. The number of unbranched alkanes of at least 4 members (excludes halogenated alkanes) is 2. The molecular weight excluding hydrogens is 492 g/mol. The van der Waals surface area contributed by atoms with Gasteiger partial charge in [0.15, 0.2) is 6.29 Å². The first kappa shape index (κ1) is 30.1. The number of hydrogen-bond donors (Lipinski definition) is 0. The van der Waals surface area contributed by atoms with Gasteiger partial charge >= 0.3 is 6.18 Å². The molecule has 0 N–H and O–H groups in total. The summed E-state index contributed by atoms with van der Waals surface area (Å²) in [5, 5.41) is 0. The lowest BCUT2D eigenvalue weighted by molar-refractivity contribution is -0.236. The Morgan fingerprint density at radius 1 is 0.711 bits per heavy atom. The molecule has 0 unspecified atom stereocenters. The molecule has 3 aliphatic carbocycles. The van der Waals surface area contributed by atoms with Gasteiger partial charge in [-0.3, -0.25) is 0 Å². The van der Waals surface area contributed by atoms with Crippen molar-refractivity contribution >= 4 is 0 Å². The molecular formula is C32H50F4O2. The summed E-state index contributed by atoms with van der Waals surface area (Å²) in [5.41, 5.74) is 0. The summed E-state index contributed by atoms with van der Waals surface area (Å²) in [7, 11) is 0. The second-order valence-electron chi connectivity index (χ2n) is 12.8. The van der Waals surface area contributed by atoms with Crippen LogP contribution in [0.2, 0.25) is 0 Å². The second-order valence-corrected chi connectivity index (χ2v) is 12.8. The van der Waals surface area contributed by atoms with E-state index in [0.717, 1.165) is 63.6 Å². The SMILES string of the molecule is CCCCCC1CCC(C2COC(C3CCC(C=CC4CCC(C(F)=CC(F)(F)F)CC4)CC3)OC2)CC1. The summed E-state index contributed by atoms with van der Waals surface area (Å²) in [5.74, 6) is 2.10. The fourth-order valence-corrected chi connectivity index (χ4v) is 7.49. The largest absolute Gasteiger partial charge is 0.412 e. The van der Waals surface area contributed by atoms with Crippen LogP contribution in [0, 0.1) is 41.4 Å². The van der Waals surface area contributed by atoms with Gasteiger partial charge < -0.3 is 9.47 Å². The van der Waals surface area contributed by atoms with Crippen molar-refractivity contribution in [1.29, 1.82) is 0 Å². The molecule has 0 aromatic carbocycles. The minimum atomic E-state index is -4.57. The molecule has 1 aliphatic heterocycles. The molecule has 0 aromatic rings. The van der Waals surface area contributed by atoms with Gasteiger partial charge in [0, 0.05) is 17.8 Å². The summed E-state index contributed by atoms with van der Waals surface area (Å²) in [6.45, 7) is 4.00. The van der Waals surface area contributed by atoms with Crippen molar-refractivity contribution in [3.63, 3.8) is 0 Å². The van der Waals surface area contributed by atoms with E-state index in [1.165, 1.54) is 51.4 Å². The number of ether oxygens (including phenoxy) is 2. The van der Waals surface area contributed by atoms with E-state index >= 15 is 0 Å². The third-order valence-electron chi connectivity index (χ3n) is 10.0. The van der Waals surface area contributed by atoms with Gasteiger partial charge in [-0.2, -0.15) is 13.2 Å². The highest BCUT2D eigenvalue weighted by atomic mass is 19.4. The van der Waals surface area contributed by atoms with Crippen LogP contribution in [-0.2, 0) is 9.47 Å². The Bertz CT molecular complexity index is 731. The predicted octanol–water partition coefficient (Wildman–Crippen LogP) is 9.95. The van der Waals surface area contributed by atoms with Crippen LogP contribution in [0.5, 0.6) is 0 Å². The molecule has 0 atom stereocenters. The summed E-state index contributed by atoms with van der Waals surface area (Å²) in [6.07, 6.45) is 17.8. The van der Waals surface area contributed by atoms with E-state index in [1.54, 1.807) is 0 Å². The van der Waals surface area contributed by atoms with Gasteiger partial charge in [0.05, 0.1) is 19.3 Å². The van der Waals surface area contributed by atoms with Crippen molar-refractivity contribution in [1.82, 2.24) is 0 Å². The van der Waals surface area contributed by atoms with Crippen molar-refractivity contribution in [2.24, 2.45) is 41.4 Å². The van der Waals surface area contributed by atoms with E-state index in [9.17, 15) is 17.6 Å². The van der Waals surface area contributed by atoms with Crippen LogP contribution in [0.25, 0.3) is 0 Å². The lowest BCUT2D eigenvalue weighted by atomic mass is 9.74. The third-order valence-corrected chi connectivity index (χ3v) is 10.0. The third kappa shape index (κ3) is 9.35. The Morgan fingerprint density at radius 3 is 1.82 bits per heavy atom. The van der Waals surface area contributed by atoms with Crippen LogP contribution in [0.3, 0.4) is 0 Å². The summed E-state index contributed by atoms with van der Waals surface area (Å²) < 4.78 is 63.7. The molecule has 1 saturated heterocycles. The zero-order chi connectivity index (χ0) is 27.0. The highest BCUT2D eigenvalue weighted by molar-refractivity contribution is 5.05. The van der Waals surface area contributed by atoms with Gasteiger partial charge in [-0.25, -0.2) is 4.39 Å². The van der Waals surface area contributed by atoms with Crippen LogP contribution in [0.15, 0.2) is 24.1 Å². The molecule has 3 saturated carbocycles. The highest BCUT2D eigenvalue weighted by Gasteiger charge is 2.36. The molecule has 0 spiro atoms. The lowest BCUT2D eigenvalue weighted by Gasteiger charge is -2.41. The smallest absolute Gasteiger partial charge is 0.352 e. The zero-order valence-electron chi connectivity index (χ0n) is 23.4. The molecule has 2 nitrogen and oxygen atoms in total. The fraction of sp³-hybridized carbons (Fsp3) is 0.875. The maximum absolute atomic E-state index is 13.9. The highest BCUT2D eigenvalue weighted by Crippen LogP contribution is 2.41. The Labute approximate surface area is 228 Å². The number of halogens is 4. The molecule has 4 aliphatic rings. The van der Waals surface area contributed by atoms with Crippen molar-refractivity contribution in [3.05, 3.63) is 24.1 Å². The summed E-state index contributed by atoms with van der Waals surface area (Å²) in [4.78, 5) is 0. The van der Waals surface area contributed by atoms with Gasteiger partial charge in [0.25, 0.3) is 0 Å². The van der Waals surface area contributed by atoms with E-state index in [4.69, 9.17) is 9.47 Å². The molecule has 4 rings (SSSR count). The predicted molar refractivity (Wildman–Crippen MR) is 144 cm³/mol. The number of allylic oxidation sites excluding steroid dienone is 4. The van der Waals surface area contributed by atoms with Gasteiger partial charge in [0.1, 0.15) is 5.83 Å². The van der Waals surface area contributed by atoms with Crippen molar-refractivity contribution in [2.75, 3.05) is 13.2 Å². The van der Waals surface area contributed by atoms with Gasteiger partial charge in [-0.1, -0.05) is 57.6 Å². The van der Waals surface area contributed by atoms with E-state index in [1.807, 2.05) is 0 Å². The van der Waals surface area contributed by atoms with E-state index in [0.29, 0.717) is 36.5 Å². The summed E-state index contributed by atoms with van der Waals surface area (Å²) in [6, 6.07) is 0.